The van der Waals surface area contributed by atoms with E-state index in [1.165, 1.54) is 4.88 Å². The Bertz CT molecular complexity index is 637. The second kappa shape index (κ2) is 6.72. The monoisotopic (exact) mass is 304 g/mol. The Morgan fingerprint density at radius 3 is 2.57 bits per heavy atom. The van der Waals surface area contributed by atoms with Gasteiger partial charge in [0.05, 0.1) is 23.7 Å². The van der Waals surface area contributed by atoms with Crippen molar-refractivity contribution < 1.29 is 9.90 Å². The normalized spacial score (nSPS) is 10.6. The molecule has 0 unspecified atom stereocenters. The first-order valence-electron chi connectivity index (χ1n) is 6.92. The van der Waals surface area contributed by atoms with E-state index in [2.05, 4.69) is 9.88 Å². The molecule has 0 atom stereocenters. The van der Waals surface area contributed by atoms with E-state index >= 15 is 0 Å². The van der Waals surface area contributed by atoms with E-state index in [0.717, 1.165) is 22.0 Å². The summed E-state index contributed by atoms with van der Waals surface area (Å²) in [5.41, 5.74) is 3.28. The van der Waals surface area contributed by atoms with E-state index in [1.54, 1.807) is 11.3 Å². The molecule has 0 aliphatic carbocycles. The van der Waals surface area contributed by atoms with Crippen LogP contribution in [0.3, 0.4) is 0 Å². The number of anilines is 1. The predicted octanol–water partition coefficient (Wildman–Crippen LogP) is 3.55. The standard InChI is InChI=1S/C16H20N2O2S/c1-11-6-4-5-7-14(11)18(9-8-16(19)20)10-15-12(2)17-13(3)21-15/h4-7H,8-10H2,1-3H3,(H,19,20). The summed E-state index contributed by atoms with van der Waals surface area (Å²) >= 11 is 1.68. The molecule has 0 amide bonds. The lowest BCUT2D eigenvalue weighted by atomic mass is 10.1. The number of aromatic nitrogens is 1. The van der Waals surface area contributed by atoms with Crippen molar-refractivity contribution in [3.63, 3.8) is 0 Å². The fourth-order valence-electron chi connectivity index (χ4n) is 2.33. The summed E-state index contributed by atoms with van der Waals surface area (Å²) in [6.45, 7) is 7.25. The number of carboxylic acid groups (broad SMARTS) is 1. The minimum absolute atomic E-state index is 0.130. The van der Waals surface area contributed by atoms with Crippen LogP contribution < -0.4 is 4.90 Å². The van der Waals surface area contributed by atoms with E-state index < -0.39 is 5.97 Å². The first kappa shape index (κ1) is 15.5. The van der Waals surface area contributed by atoms with Crippen molar-refractivity contribution in [2.45, 2.75) is 33.7 Å². The van der Waals surface area contributed by atoms with Crippen molar-refractivity contribution >= 4 is 23.0 Å². The van der Waals surface area contributed by atoms with Gasteiger partial charge in [0.25, 0.3) is 0 Å². The smallest absolute Gasteiger partial charge is 0.305 e. The summed E-state index contributed by atoms with van der Waals surface area (Å²) in [7, 11) is 0. The number of hydrogen-bond donors (Lipinski definition) is 1. The third-order valence-electron chi connectivity index (χ3n) is 3.39. The van der Waals surface area contributed by atoms with Crippen LogP contribution in [-0.2, 0) is 11.3 Å². The molecule has 1 heterocycles. The van der Waals surface area contributed by atoms with Gasteiger partial charge in [-0.1, -0.05) is 18.2 Å². The molecule has 112 valence electrons. The molecule has 0 saturated heterocycles. The quantitative estimate of drug-likeness (QED) is 0.886. The summed E-state index contributed by atoms with van der Waals surface area (Å²) in [6.07, 6.45) is 0.130. The lowest BCUT2D eigenvalue weighted by molar-refractivity contribution is -0.136. The maximum absolute atomic E-state index is 10.9. The van der Waals surface area contributed by atoms with Gasteiger partial charge in [0.2, 0.25) is 0 Å². The molecule has 0 bridgehead atoms. The van der Waals surface area contributed by atoms with E-state index in [0.29, 0.717) is 13.1 Å². The predicted molar refractivity (Wildman–Crippen MR) is 86.1 cm³/mol. The van der Waals surface area contributed by atoms with Crippen LogP contribution in [0.2, 0.25) is 0 Å². The van der Waals surface area contributed by atoms with Gasteiger partial charge in [0.15, 0.2) is 0 Å². The second-order valence-electron chi connectivity index (χ2n) is 5.09. The maximum Gasteiger partial charge on any atom is 0.305 e. The Kier molecular flexibility index (Phi) is 4.96. The lowest BCUT2D eigenvalue weighted by Gasteiger charge is -2.25. The maximum atomic E-state index is 10.9. The zero-order valence-corrected chi connectivity index (χ0v) is 13.4. The molecule has 0 aliphatic heterocycles. The Balaban J connectivity index is 2.26. The largest absolute Gasteiger partial charge is 0.481 e. The lowest BCUT2D eigenvalue weighted by Crippen LogP contribution is -2.26. The molecule has 0 aliphatic rings. The average Bonchev–Trinajstić information content (AvgIpc) is 2.73. The summed E-state index contributed by atoms with van der Waals surface area (Å²) in [6, 6.07) is 8.07. The van der Waals surface area contributed by atoms with Crippen molar-refractivity contribution in [3.05, 3.63) is 45.4 Å². The Hall–Kier alpha value is -1.88. The van der Waals surface area contributed by atoms with Crippen LogP contribution >= 0.6 is 11.3 Å². The number of thiazole rings is 1. The zero-order valence-electron chi connectivity index (χ0n) is 12.6. The van der Waals surface area contributed by atoms with Crippen molar-refractivity contribution in [1.82, 2.24) is 4.98 Å². The van der Waals surface area contributed by atoms with Gasteiger partial charge in [-0.05, 0) is 32.4 Å². The van der Waals surface area contributed by atoms with Gasteiger partial charge in [-0.15, -0.1) is 11.3 Å². The topological polar surface area (TPSA) is 53.4 Å². The number of aryl methyl sites for hydroxylation is 3. The minimum Gasteiger partial charge on any atom is -0.481 e. The van der Waals surface area contributed by atoms with E-state index in [4.69, 9.17) is 5.11 Å². The van der Waals surface area contributed by atoms with Crippen LogP contribution in [-0.4, -0.2) is 22.6 Å². The molecule has 5 heteroatoms. The van der Waals surface area contributed by atoms with E-state index in [1.807, 2.05) is 45.0 Å². The van der Waals surface area contributed by atoms with Crippen LogP contribution in [0, 0.1) is 20.8 Å². The van der Waals surface area contributed by atoms with E-state index in [9.17, 15) is 4.79 Å². The number of rotatable bonds is 6. The molecule has 0 radical (unpaired) electrons. The molecule has 0 saturated carbocycles. The van der Waals surface area contributed by atoms with Gasteiger partial charge in [-0.3, -0.25) is 4.79 Å². The molecule has 0 fully saturated rings. The van der Waals surface area contributed by atoms with Gasteiger partial charge in [-0.25, -0.2) is 4.98 Å². The van der Waals surface area contributed by atoms with Crippen molar-refractivity contribution in [3.8, 4) is 0 Å². The highest BCUT2D eigenvalue weighted by molar-refractivity contribution is 7.11. The highest BCUT2D eigenvalue weighted by Crippen LogP contribution is 2.25. The van der Waals surface area contributed by atoms with Gasteiger partial charge in [-0.2, -0.15) is 0 Å². The highest BCUT2D eigenvalue weighted by Gasteiger charge is 2.14. The first-order chi connectivity index (χ1) is 9.97. The number of para-hydroxylation sites is 1. The van der Waals surface area contributed by atoms with Crippen molar-refractivity contribution in [1.29, 1.82) is 0 Å². The Morgan fingerprint density at radius 2 is 2.00 bits per heavy atom. The minimum atomic E-state index is -0.772. The average molecular weight is 304 g/mol. The van der Waals surface area contributed by atoms with Gasteiger partial charge < -0.3 is 10.0 Å². The molecule has 1 N–H and O–H groups in total. The fraction of sp³-hybridized carbons (Fsp3) is 0.375. The summed E-state index contributed by atoms with van der Waals surface area (Å²) in [5, 5.41) is 10.0. The molecular weight excluding hydrogens is 284 g/mol. The second-order valence-corrected chi connectivity index (χ2v) is 6.38. The molecule has 4 nitrogen and oxygen atoms in total. The SMILES string of the molecule is Cc1nc(C)c(CN(CCC(=O)O)c2ccccc2C)s1. The van der Waals surface area contributed by atoms with Crippen molar-refractivity contribution in [2.24, 2.45) is 0 Å². The van der Waals surface area contributed by atoms with Crippen LogP contribution in [0.25, 0.3) is 0 Å². The number of nitrogens with zero attached hydrogens (tertiary/aromatic N) is 2. The van der Waals surface area contributed by atoms with Crippen LogP contribution in [0.5, 0.6) is 0 Å². The number of aliphatic carboxylic acids is 1. The molecule has 2 aromatic rings. The number of carboxylic acids is 1. The molecule has 1 aromatic carbocycles. The third-order valence-corrected chi connectivity index (χ3v) is 4.44. The highest BCUT2D eigenvalue weighted by atomic mass is 32.1. The number of benzene rings is 1. The molecule has 1 aromatic heterocycles. The summed E-state index contributed by atoms with van der Waals surface area (Å²) < 4.78 is 0. The molecular formula is C16H20N2O2S. The van der Waals surface area contributed by atoms with Gasteiger partial charge in [0, 0.05) is 17.1 Å². The van der Waals surface area contributed by atoms with E-state index in [-0.39, 0.29) is 6.42 Å². The first-order valence-corrected chi connectivity index (χ1v) is 7.74. The van der Waals surface area contributed by atoms with Gasteiger partial charge in [0.1, 0.15) is 0 Å². The van der Waals surface area contributed by atoms with Crippen LogP contribution in [0.15, 0.2) is 24.3 Å². The van der Waals surface area contributed by atoms with Crippen LogP contribution in [0.4, 0.5) is 5.69 Å². The third kappa shape index (κ3) is 4.04. The van der Waals surface area contributed by atoms with Crippen molar-refractivity contribution in [2.75, 3.05) is 11.4 Å². The summed E-state index contributed by atoms with van der Waals surface area (Å²) in [4.78, 5) is 18.7. The molecule has 21 heavy (non-hydrogen) atoms. The zero-order chi connectivity index (χ0) is 15.4. The Morgan fingerprint density at radius 1 is 1.29 bits per heavy atom. The number of carbonyl (C=O) groups is 1. The molecule has 2 rings (SSSR count). The number of hydrogen-bond acceptors (Lipinski definition) is 4. The Labute approximate surface area is 129 Å². The van der Waals surface area contributed by atoms with Crippen LogP contribution in [0.1, 0.15) is 27.6 Å². The fourth-order valence-corrected chi connectivity index (χ4v) is 3.28. The van der Waals surface area contributed by atoms with Gasteiger partial charge >= 0.3 is 5.97 Å². The summed E-state index contributed by atoms with van der Waals surface area (Å²) in [5.74, 6) is -0.772. The molecule has 0 spiro atoms.